The number of carbonyl (C=O) groups excluding carboxylic acids is 1. The van der Waals surface area contributed by atoms with Gasteiger partial charge in [-0.1, -0.05) is 12.1 Å². The van der Waals surface area contributed by atoms with Gasteiger partial charge in [-0.05, 0) is 48.9 Å². The first-order chi connectivity index (χ1) is 13.1. The zero-order chi connectivity index (χ0) is 18.8. The normalized spacial score (nSPS) is 14.1. The number of benzene rings is 2. The van der Waals surface area contributed by atoms with E-state index in [9.17, 15) is 4.79 Å². The molecule has 2 aromatic carbocycles. The molecule has 1 aromatic heterocycles. The quantitative estimate of drug-likeness (QED) is 0.611. The van der Waals surface area contributed by atoms with Crippen molar-refractivity contribution in [1.82, 2.24) is 0 Å². The number of Topliss-reactive ketones (excluding diaryl/α,β-unsaturated/α-hetero) is 1. The summed E-state index contributed by atoms with van der Waals surface area (Å²) < 4.78 is 22.2. The molecule has 0 atom stereocenters. The number of ether oxygens (including phenoxy) is 3. The number of allylic oxidation sites excluding steroid dienone is 1. The smallest absolute Gasteiger partial charge is 0.232 e. The van der Waals surface area contributed by atoms with Crippen molar-refractivity contribution < 1.29 is 23.4 Å². The Hall–Kier alpha value is -3.47. The highest BCUT2D eigenvalue weighted by Gasteiger charge is 2.28. The van der Waals surface area contributed by atoms with Crippen LogP contribution in [0.25, 0.3) is 6.08 Å². The van der Waals surface area contributed by atoms with Gasteiger partial charge in [0.15, 0.2) is 5.76 Å². The molecule has 1 aliphatic rings. The lowest BCUT2D eigenvalue weighted by Crippen LogP contribution is -1.97. The standard InChI is InChI=1S/C22H18O5/c1-14-6-7-18(26-14)12-21-22(23)19-9-8-17(11-20(19)27-21)25-13-15-4-3-5-16(10-15)24-2/h3-12H,13H2,1-2H3/b21-12-. The molecule has 2 heterocycles. The second-order valence-corrected chi connectivity index (χ2v) is 6.19. The Bertz CT molecular complexity index is 1030. The molecule has 27 heavy (non-hydrogen) atoms. The molecule has 1 aliphatic heterocycles. The van der Waals surface area contributed by atoms with Crippen molar-refractivity contribution >= 4 is 11.9 Å². The van der Waals surface area contributed by atoms with E-state index in [2.05, 4.69) is 0 Å². The molecule has 0 saturated carbocycles. The topological polar surface area (TPSA) is 57.9 Å². The molecule has 0 fully saturated rings. The third kappa shape index (κ3) is 3.58. The van der Waals surface area contributed by atoms with Crippen molar-refractivity contribution in [1.29, 1.82) is 0 Å². The molecule has 0 bridgehead atoms. The highest BCUT2D eigenvalue weighted by atomic mass is 16.5. The second kappa shape index (κ2) is 7.03. The summed E-state index contributed by atoms with van der Waals surface area (Å²) in [7, 11) is 1.63. The van der Waals surface area contributed by atoms with Crippen LogP contribution in [0.2, 0.25) is 0 Å². The van der Waals surface area contributed by atoms with E-state index >= 15 is 0 Å². The largest absolute Gasteiger partial charge is 0.497 e. The van der Waals surface area contributed by atoms with Gasteiger partial charge in [-0.25, -0.2) is 0 Å². The molecule has 0 N–H and O–H groups in total. The Kier molecular flexibility index (Phi) is 4.42. The van der Waals surface area contributed by atoms with Crippen LogP contribution < -0.4 is 14.2 Å². The summed E-state index contributed by atoms with van der Waals surface area (Å²) in [4.78, 5) is 12.5. The van der Waals surface area contributed by atoms with Gasteiger partial charge >= 0.3 is 0 Å². The maximum atomic E-state index is 12.5. The average Bonchev–Trinajstić information content (AvgIpc) is 3.23. The zero-order valence-electron chi connectivity index (χ0n) is 15.0. The van der Waals surface area contributed by atoms with Crippen molar-refractivity contribution in [3.63, 3.8) is 0 Å². The van der Waals surface area contributed by atoms with Gasteiger partial charge in [0.05, 0.1) is 12.7 Å². The number of hydrogen-bond donors (Lipinski definition) is 0. The number of aryl methyl sites for hydroxylation is 1. The first-order valence-corrected chi connectivity index (χ1v) is 8.53. The van der Waals surface area contributed by atoms with E-state index < -0.39 is 0 Å². The number of methoxy groups -OCH3 is 1. The summed E-state index contributed by atoms with van der Waals surface area (Å²) in [6.07, 6.45) is 1.60. The van der Waals surface area contributed by atoms with Crippen molar-refractivity contribution in [2.75, 3.05) is 7.11 Å². The van der Waals surface area contributed by atoms with Gasteiger partial charge in [0.25, 0.3) is 0 Å². The molecule has 0 unspecified atom stereocenters. The molecule has 0 aliphatic carbocycles. The Morgan fingerprint density at radius 3 is 2.70 bits per heavy atom. The Labute approximate surface area is 156 Å². The molecule has 0 amide bonds. The first kappa shape index (κ1) is 17.0. The minimum absolute atomic E-state index is 0.168. The van der Waals surface area contributed by atoms with Gasteiger partial charge in [0.1, 0.15) is 35.4 Å². The first-order valence-electron chi connectivity index (χ1n) is 8.53. The summed E-state index contributed by atoms with van der Waals surface area (Å²) in [6, 6.07) is 16.5. The van der Waals surface area contributed by atoms with Crippen LogP contribution in [0.5, 0.6) is 17.2 Å². The molecule has 3 aromatic rings. The summed E-state index contributed by atoms with van der Waals surface area (Å²) in [5.74, 6) is 3.32. The molecule has 5 heteroatoms. The number of fused-ring (bicyclic) bond motifs is 1. The fraction of sp³-hybridized carbons (Fsp3) is 0.136. The highest BCUT2D eigenvalue weighted by molar-refractivity contribution is 6.14. The van der Waals surface area contributed by atoms with Crippen molar-refractivity contribution in [3.05, 3.63) is 83.0 Å². The number of carbonyl (C=O) groups is 1. The molecule has 4 rings (SSSR count). The third-order valence-electron chi connectivity index (χ3n) is 4.22. The predicted molar refractivity (Wildman–Crippen MR) is 100 cm³/mol. The van der Waals surface area contributed by atoms with Crippen LogP contribution in [0.3, 0.4) is 0 Å². The van der Waals surface area contributed by atoms with E-state index in [4.69, 9.17) is 18.6 Å². The van der Waals surface area contributed by atoms with Crippen molar-refractivity contribution in [2.24, 2.45) is 0 Å². The minimum Gasteiger partial charge on any atom is -0.497 e. The van der Waals surface area contributed by atoms with Crippen LogP contribution in [0.15, 0.2) is 64.8 Å². The monoisotopic (exact) mass is 362 g/mol. The SMILES string of the molecule is COc1cccc(COc2ccc3c(c2)O/C(=C\c2ccc(C)o2)C3=O)c1. The maximum absolute atomic E-state index is 12.5. The number of hydrogen-bond acceptors (Lipinski definition) is 5. The van der Waals surface area contributed by atoms with E-state index in [0.717, 1.165) is 17.1 Å². The van der Waals surface area contributed by atoms with Crippen LogP contribution in [-0.2, 0) is 6.61 Å². The summed E-state index contributed by atoms with van der Waals surface area (Å²) in [5, 5.41) is 0. The molecule has 5 nitrogen and oxygen atoms in total. The van der Waals surface area contributed by atoms with E-state index in [1.807, 2.05) is 37.3 Å². The lowest BCUT2D eigenvalue weighted by Gasteiger charge is -2.08. The third-order valence-corrected chi connectivity index (χ3v) is 4.22. The van der Waals surface area contributed by atoms with Crippen LogP contribution in [0.4, 0.5) is 0 Å². The van der Waals surface area contributed by atoms with Gasteiger partial charge in [-0.2, -0.15) is 0 Å². The van der Waals surface area contributed by atoms with Gasteiger partial charge in [-0.3, -0.25) is 4.79 Å². The Morgan fingerprint density at radius 1 is 1.04 bits per heavy atom. The average molecular weight is 362 g/mol. The van der Waals surface area contributed by atoms with E-state index in [-0.39, 0.29) is 11.5 Å². The summed E-state index contributed by atoms with van der Waals surface area (Å²) in [6.45, 7) is 2.23. The Morgan fingerprint density at radius 2 is 1.93 bits per heavy atom. The number of furan rings is 1. The van der Waals surface area contributed by atoms with Gasteiger partial charge in [0, 0.05) is 12.1 Å². The van der Waals surface area contributed by atoms with Crippen LogP contribution in [0, 0.1) is 6.92 Å². The van der Waals surface area contributed by atoms with Crippen LogP contribution >= 0.6 is 0 Å². The van der Waals surface area contributed by atoms with Crippen LogP contribution in [0.1, 0.15) is 27.4 Å². The summed E-state index contributed by atoms with van der Waals surface area (Å²) >= 11 is 0. The second-order valence-electron chi connectivity index (χ2n) is 6.19. The summed E-state index contributed by atoms with van der Waals surface area (Å²) in [5.41, 5.74) is 1.50. The van der Waals surface area contributed by atoms with Gasteiger partial charge in [0.2, 0.25) is 5.78 Å². The maximum Gasteiger partial charge on any atom is 0.232 e. The van der Waals surface area contributed by atoms with Crippen molar-refractivity contribution in [3.8, 4) is 17.2 Å². The molecular formula is C22H18O5. The lowest BCUT2D eigenvalue weighted by atomic mass is 10.1. The molecular weight excluding hydrogens is 344 g/mol. The van der Waals surface area contributed by atoms with Gasteiger partial charge in [-0.15, -0.1) is 0 Å². The van der Waals surface area contributed by atoms with Crippen LogP contribution in [-0.4, -0.2) is 12.9 Å². The fourth-order valence-corrected chi connectivity index (χ4v) is 2.85. The van der Waals surface area contributed by atoms with Crippen molar-refractivity contribution in [2.45, 2.75) is 13.5 Å². The molecule has 0 saturated heterocycles. The number of rotatable bonds is 5. The van der Waals surface area contributed by atoms with E-state index in [1.54, 1.807) is 37.5 Å². The van der Waals surface area contributed by atoms with E-state index in [1.165, 1.54) is 0 Å². The molecule has 0 radical (unpaired) electrons. The predicted octanol–water partition coefficient (Wildman–Crippen LogP) is 4.79. The molecule has 136 valence electrons. The van der Waals surface area contributed by atoms with E-state index in [0.29, 0.717) is 29.4 Å². The van der Waals surface area contributed by atoms with Gasteiger partial charge < -0.3 is 18.6 Å². The molecule has 0 spiro atoms. The minimum atomic E-state index is -0.168. The Balaban J connectivity index is 1.49. The lowest BCUT2D eigenvalue weighted by molar-refractivity contribution is 0.101. The zero-order valence-corrected chi connectivity index (χ0v) is 15.0. The highest BCUT2D eigenvalue weighted by Crippen LogP contribution is 2.35. The fourth-order valence-electron chi connectivity index (χ4n) is 2.85. The number of ketones is 1.